The Labute approximate surface area is 114 Å². The molecule has 1 aromatic rings. The van der Waals surface area contributed by atoms with Gasteiger partial charge in [-0.1, -0.05) is 0 Å². The Bertz CT molecular complexity index is 451. The molecule has 2 fully saturated rings. The zero-order valence-electron chi connectivity index (χ0n) is 11.8. The second-order valence-corrected chi connectivity index (χ2v) is 5.36. The fourth-order valence-electron chi connectivity index (χ4n) is 2.55. The second-order valence-electron chi connectivity index (χ2n) is 5.36. The van der Waals surface area contributed by atoms with Crippen molar-refractivity contribution < 1.29 is 4.74 Å². The van der Waals surface area contributed by atoms with E-state index in [2.05, 4.69) is 22.1 Å². The highest BCUT2D eigenvalue weighted by atomic mass is 16.5. The van der Waals surface area contributed by atoms with Crippen LogP contribution in [0.1, 0.15) is 36.6 Å². The molecule has 0 aromatic carbocycles. The number of nitrogens with one attached hydrogen (secondary N) is 1. The minimum absolute atomic E-state index is 0.578. The molecule has 104 valence electrons. The average molecular weight is 262 g/mol. The van der Waals surface area contributed by atoms with Crippen LogP contribution >= 0.6 is 0 Å². The standard InChI is InChI=1S/C14H22N4O/c1-10-12(15-2)16-13(11-4-5-11)17-14(10)18-6-3-8-19-9-7-18/h11H,3-9H2,1-2H3,(H,15,16,17). The summed E-state index contributed by atoms with van der Waals surface area (Å²) < 4.78 is 5.53. The van der Waals surface area contributed by atoms with E-state index in [0.29, 0.717) is 5.92 Å². The van der Waals surface area contributed by atoms with Gasteiger partial charge in [-0.3, -0.25) is 0 Å². The lowest BCUT2D eigenvalue weighted by Gasteiger charge is -2.24. The van der Waals surface area contributed by atoms with Crippen LogP contribution in [0.2, 0.25) is 0 Å². The Hall–Kier alpha value is -1.36. The molecule has 0 bridgehead atoms. The van der Waals surface area contributed by atoms with E-state index in [0.717, 1.165) is 55.7 Å². The van der Waals surface area contributed by atoms with Crippen molar-refractivity contribution in [2.75, 3.05) is 43.6 Å². The van der Waals surface area contributed by atoms with Crippen LogP contribution < -0.4 is 10.2 Å². The number of rotatable bonds is 3. The second kappa shape index (κ2) is 5.33. The van der Waals surface area contributed by atoms with E-state index in [1.54, 1.807) is 0 Å². The Kier molecular flexibility index (Phi) is 3.55. The molecule has 2 heterocycles. The molecule has 0 unspecified atom stereocenters. The molecule has 1 saturated carbocycles. The lowest BCUT2D eigenvalue weighted by molar-refractivity contribution is 0.152. The zero-order chi connectivity index (χ0) is 13.2. The highest BCUT2D eigenvalue weighted by molar-refractivity contribution is 5.58. The molecule has 0 radical (unpaired) electrons. The third-order valence-corrected chi connectivity index (χ3v) is 3.84. The van der Waals surface area contributed by atoms with Gasteiger partial charge in [0.1, 0.15) is 17.5 Å². The van der Waals surface area contributed by atoms with Gasteiger partial charge >= 0.3 is 0 Å². The van der Waals surface area contributed by atoms with E-state index < -0.39 is 0 Å². The summed E-state index contributed by atoms with van der Waals surface area (Å²) >= 11 is 0. The zero-order valence-corrected chi connectivity index (χ0v) is 11.8. The van der Waals surface area contributed by atoms with Gasteiger partial charge in [0, 0.05) is 38.2 Å². The lowest BCUT2D eigenvalue weighted by Crippen LogP contribution is -2.28. The molecular weight excluding hydrogens is 240 g/mol. The maximum Gasteiger partial charge on any atom is 0.137 e. The quantitative estimate of drug-likeness (QED) is 0.902. The van der Waals surface area contributed by atoms with Crippen LogP contribution in [-0.2, 0) is 4.74 Å². The van der Waals surface area contributed by atoms with Crippen molar-refractivity contribution in [2.45, 2.75) is 32.1 Å². The van der Waals surface area contributed by atoms with Crippen LogP contribution in [0.3, 0.4) is 0 Å². The third-order valence-electron chi connectivity index (χ3n) is 3.84. The number of hydrogen-bond acceptors (Lipinski definition) is 5. The van der Waals surface area contributed by atoms with Gasteiger partial charge in [0.15, 0.2) is 0 Å². The molecule has 5 heteroatoms. The van der Waals surface area contributed by atoms with Crippen molar-refractivity contribution in [3.8, 4) is 0 Å². The SMILES string of the molecule is CNc1nc(C2CC2)nc(N2CCCOCC2)c1C. The first-order valence-corrected chi connectivity index (χ1v) is 7.18. The van der Waals surface area contributed by atoms with Crippen molar-refractivity contribution in [2.24, 2.45) is 0 Å². The van der Waals surface area contributed by atoms with Crippen molar-refractivity contribution in [3.63, 3.8) is 0 Å². The minimum atomic E-state index is 0.578. The maximum atomic E-state index is 5.53. The number of hydrogen-bond donors (Lipinski definition) is 1. The molecule has 3 rings (SSSR count). The van der Waals surface area contributed by atoms with Gasteiger partial charge in [-0.2, -0.15) is 0 Å². The van der Waals surface area contributed by atoms with Gasteiger partial charge in [-0.15, -0.1) is 0 Å². The predicted octanol–water partition coefficient (Wildman–Crippen LogP) is 1.93. The molecule has 0 amide bonds. The first-order valence-electron chi connectivity index (χ1n) is 7.18. The molecule has 1 aliphatic carbocycles. The van der Waals surface area contributed by atoms with Gasteiger partial charge < -0.3 is 15.0 Å². The largest absolute Gasteiger partial charge is 0.380 e. The predicted molar refractivity (Wildman–Crippen MR) is 75.9 cm³/mol. The summed E-state index contributed by atoms with van der Waals surface area (Å²) in [4.78, 5) is 11.8. The first kappa shape index (κ1) is 12.7. The number of ether oxygens (including phenoxy) is 1. The summed E-state index contributed by atoms with van der Waals surface area (Å²) in [6, 6.07) is 0. The molecule has 1 N–H and O–H groups in total. The van der Waals surface area contributed by atoms with Crippen LogP contribution in [-0.4, -0.2) is 43.3 Å². The Morgan fingerprint density at radius 2 is 2.05 bits per heavy atom. The summed E-state index contributed by atoms with van der Waals surface area (Å²) in [6.45, 7) is 5.69. The molecule has 1 aliphatic heterocycles. The van der Waals surface area contributed by atoms with Gasteiger partial charge in [0.25, 0.3) is 0 Å². The van der Waals surface area contributed by atoms with Crippen molar-refractivity contribution >= 4 is 11.6 Å². The van der Waals surface area contributed by atoms with E-state index in [-0.39, 0.29) is 0 Å². The molecule has 0 spiro atoms. The van der Waals surface area contributed by atoms with E-state index in [4.69, 9.17) is 9.72 Å². The van der Waals surface area contributed by atoms with Crippen LogP contribution in [0.15, 0.2) is 0 Å². The number of nitrogens with zero attached hydrogens (tertiary/aromatic N) is 3. The van der Waals surface area contributed by atoms with Gasteiger partial charge in [-0.25, -0.2) is 9.97 Å². The molecule has 0 atom stereocenters. The summed E-state index contributed by atoms with van der Waals surface area (Å²) in [7, 11) is 1.93. The minimum Gasteiger partial charge on any atom is -0.380 e. The average Bonchev–Trinajstić information content (AvgIpc) is 3.26. The van der Waals surface area contributed by atoms with Crippen LogP contribution in [0.25, 0.3) is 0 Å². The van der Waals surface area contributed by atoms with Gasteiger partial charge in [-0.05, 0) is 26.2 Å². The van der Waals surface area contributed by atoms with Crippen molar-refractivity contribution in [1.82, 2.24) is 9.97 Å². The summed E-state index contributed by atoms with van der Waals surface area (Å²) in [5.74, 6) is 3.65. The molecule has 1 saturated heterocycles. The van der Waals surface area contributed by atoms with E-state index in [1.165, 1.54) is 12.8 Å². The topological polar surface area (TPSA) is 50.3 Å². The lowest BCUT2D eigenvalue weighted by atomic mass is 10.2. The number of aromatic nitrogens is 2. The van der Waals surface area contributed by atoms with E-state index in [9.17, 15) is 0 Å². The molecule has 5 nitrogen and oxygen atoms in total. The number of anilines is 2. The van der Waals surface area contributed by atoms with Crippen molar-refractivity contribution in [3.05, 3.63) is 11.4 Å². The van der Waals surface area contributed by atoms with Gasteiger partial charge in [0.05, 0.1) is 6.61 Å². The smallest absolute Gasteiger partial charge is 0.137 e. The molecule has 1 aromatic heterocycles. The van der Waals surface area contributed by atoms with Gasteiger partial charge in [0.2, 0.25) is 0 Å². The summed E-state index contributed by atoms with van der Waals surface area (Å²) in [5, 5.41) is 3.20. The van der Waals surface area contributed by atoms with E-state index in [1.807, 2.05) is 7.05 Å². The third kappa shape index (κ3) is 2.66. The molecule has 19 heavy (non-hydrogen) atoms. The fourth-order valence-corrected chi connectivity index (χ4v) is 2.55. The molecule has 2 aliphatic rings. The van der Waals surface area contributed by atoms with E-state index >= 15 is 0 Å². The Morgan fingerprint density at radius 3 is 2.79 bits per heavy atom. The van der Waals surface area contributed by atoms with Crippen molar-refractivity contribution in [1.29, 1.82) is 0 Å². The van der Waals surface area contributed by atoms with Crippen LogP contribution in [0.4, 0.5) is 11.6 Å². The fraction of sp³-hybridized carbons (Fsp3) is 0.714. The summed E-state index contributed by atoms with van der Waals surface area (Å²) in [5.41, 5.74) is 1.15. The molecular formula is C14H22N4O. The first-order chi connectivity index (χ1) is 9.29. The normalized spacial score (nSPS) is 20.2. The maximum absolute atomic E-state index is 5.53. The highest BCUT2D eigenvalue weighted by Crippen LogP contribution is 2.40. The Balaban J connectivity index is 1.95. The van der Waals surface area contributed by atoms with Crippen LogP contribution in [0, 0.1) is 6.92 Å². The monoisotopic (exact) mass is 262 g/mol. The highest BCUT2D eigenvalue weighted by Gasteiger charge is 2.29. The van der Waals surface area contributed by atoms with Crippen LogP contribution in [0.5, 0.6) is 0 Å². The summed E-state index contributed by atoms with van der Waals surface area (Å²) in [6.07, 6.45) is 3.53. The Morgan fingerprint density at radius 1 is 1.21 bits per heavy atom.